The van der Waals surface area contributed by atoms with Crippen LogP contribution >= 0.6 is 11.3 Å². The van der Waals surface area contributed by atoms with Crippen molar-refractivity contribution in [3.63, 3.8) is 0 Å². The van der Waals surface area contributed by atoms with Gasteiger partial charge in [0.1, 0.15) is 5.82 Å². The van der Waals surface area contributed by atoms with Gasteiger partial charge in [-0.05, 0) is 23.6 Å². The predicted octanol–water partition coefficient (Wildman–Crippen LogP) is 4.52. The molecule has 3 nitrogen and oxygen atoms in total. The molecule has 0 saturated carbocycles. The molecular weight excluding hydrogens is 292 g/mol. The number of fused-ring (bicyclic) bond motifs is 1. The molecule has 1 N–H and O–H groups in total. The minimum absolute atomic E-state index is 0.0334. The molecule has 0 fully saturated rings. The van der Waals surface area contributed by atoms with Crippen molar-refractivity contribution in [2.75, 3.05) is 0 Å². The van der Waals surface area contributed by atoms with Gasteiger partial charge in [0.05, 0.1) is 15.9 Å². The Hall–Kier alpha value is -2.72. The highest BCUT2D eigenvalue weighted by atomic mass is 32.1. The fraction of sp³-hybridized carbons (Fsp3) is 0. The third-order valence-electron chi connectivity index (χ3n) is 3.55. The molecule has 0 atom stereocenters. The molecule has 4 rings (SSSR count). The van der Waals surface area contributed by atoms with E-state index in [9.17, 15) is 4.79 Å². The second kappa shape index (κ2) is 5.24. The number of hydrogen-bond donors (Lipinski definition) is 1. The molecule has 22 heavy (non-hydrogen) atoms. The zero-order valence-corrected chi connectivity index (χ0v) is 12.4. The summed E-state index contributed by atoms with van der Waals surface area (Å²) in [6.07, 6.45) is 0. The summed E-state index contributed by atoms with van der Waals surface area (Å²) in [5.74, 6) is 0.771. The van der Waals surface area contributed by atoms with Crippen molar-refractivity contribution >= 4 is 28.2 Å². The van der Waals surface area contributed by atoms with Crippen LogP contribution in [-0.4, -0.2) is 15.8 Å². The lowest BCUT2D eigenvalue weighted by Gasteiger charge is -2.01. The van der Waals surface area contributed by atoms with Crippen molar-refractivity contribution in [2.45, 2.75) is 0 Å². The van der Waals surface area contributed by atoms with Crippen molar-refractivity contribution in [1.29, 1.82) is 0 Å². The average molecular weight is 304 g/mol. The molecule has 2 aromatic carbocycles. The maximum atomic E-state index is 12.7. The van der Waals surface area contributed by atoms with E-state index < -0.39 is 0 Å². The maximum absolute atomic E-state index is 12.7. The Kier molecular flexibility index (Phi) is 3.09. The standard InChI is InChI=1S/C18H12N2OS/c21-16(12-6-2-1-3-7-12)17-13(10-11-22-17)18-19-14-8-4-5-9-15(14)20-18/h1-11H,(H,19,20). The second-order valence-corrected chi connectivity index (χ2v) is 5.88. The number of carbonyl (C=O) groups excluding carboxylic acids is 1. The number of rotatable bonds is 3. The van der Waals surface area contributed by atoms with Gasteiger partial charge in [-0.3, -0.25) is 4.79 Å². The quantitative estimate of drug-likeness (QED) is 0.565. The van der Waals surface area contributed by atoms with Crippen LogP contribution in [0.25, 0.3) is 22.4 Å². The van der Waals surface area contributed by atoms with Gasteiger partial charge >= 0.3 is 0 Å². The van der Waals surface area contributed by atoms with E-state index in [-0.39, 0.29) is 5.78 Å². The molecule has 0 amide bonds. The normalized spacial score (nSPS) is 10.9. The fourth-order valence-electron chi connectivity index (χ4n) is 2.47. The summed E-state index contributed by atoms with van der Waals surface area (Å²) in [5.41, 5.74) is 3.43. The van der Waals surface area contributed by atoms with Gasteiger partial charge in [0.25, 0.3) is 0 Å². The minimum atomic E-state index is 0.0334. The molecule has 4 heteroatoms. The van der Waals surface area contributed by atoms with Crippen LogP contribution in [0, 0.1) is 0 Å². The molecule has 0 aliphatic carbocycles. The highest BCUT2D eigenvalue weighted by molar-refractivity contribution is 7.12. The van der Waals surface area contributed by atoms with Gasteiger partial charge in [0.15, 0.2) is 0 Å². The van der Waals surface area contributed by atoms with Gasteiger partial charge in [-0.1, -0.05) is 42.5 Å². The number of carbonyl (C=O) groups is 1. The van der Waals surface area contributed by atoms with Gasteiger partial charge < -0.3 is 4.98 Å². The van der Waals surface area contributed by atoms with Crippen molar-refractivity contribution < 1.29 is 4.79 Å². The Morgan fingerprint density at radius 1 is 0.955 bits per heavy atom. The fourth-order valence-corrected chi connectivity index (χ4v) is 3.33. The van der Waals surface area contributed by atoms with E-state index in [1.165, 1.54) is 11.3 Å². The number of thiophene rings is 1. The highest BCUT2D eigenvalue weighted by Crippen LogP contribution is 2.29. The maximum Gasteiger partial charge on any atom is 0.203 e. The van der Waals surface area contributed by atoms with Crippen molar-refractivity contribution in [3.8, 4) is 11.4 Å². The third kappa shape index (κ3) is 2.14. The van der Waals surface area contributed by atoms with Crippen LogP contribution in [0.5, 0.6) is 0 Å². The van der Waals surface area contributed by atoms with E-state index in [1.54, 1.807) is 0 Å². The topological polar surface area (TPSA) is 45.8 Å². The molecule has 0 radical (unpaired) electrons. The molecule has 2 heterocycles. The van der Waals surface area contributed by atoms with Gasteiger partial charge in [-0.2, -0.15) is 0 Å². The van der Waals surface area contributed by atoms with E-state index in [2.05, 4.69) is 9.97 Å². The summed E-state index contributed by atoms with van der Waals surface area (Å²) in [7, 11) is 0. The summed E-state index contributed by atoms with van der Waals surface area (Å²) in [4.78, 5) is 21.3. The molecule has 0 spiro atoms. The van der Waals surface area contributed by atoms with Crippen LogP contribution in [0.2, 0.25) is 0 Å². The zero-order valence-electron chi connectivity index (χ0n) is 11.6. The van der Waals surface area contributed by atoms with Crippen LogP contribution < -0.4 is 0 Å². The molecule has 4 aromatic rings. The third-order valence-corrected chi connectivity index (χ3v) is 4.47. The molecule has 0 aliphatic heterocycles. The number of ketones is 1. The number of para-hydroxylation sites is 2. The first-order valence-corrected chi connectivity index (χ1v) is 7.83. The van der Waals surface area contributed by atoms with Gasteiger partial charge in [0, 0.05) is 11.1 Å². The first kappa shape index (κ1) is 13.0. The Labute approximate surface area is 131 Å². The first-order chi connectivity index (χ1) is 10.8. The number of aromatic nitrogens is 2. The lowest BCUT2D eigenvalue weighted by molar-refractivity contribution is 0.104. The number of aromatic amines is 1. The van der Waals surface area contributed by atoms with Crippen LogP contribution in [0.3, 0.4) is 0 Å². The van der Waals surface area contributed by atoms with Gasteiger partial charge in [0.2, 0.25) is 5.78 Å². The summed E-state index contributed by atoms with van der Waals surface area (Å²) in [6.45, 7) is 0. The highest BCUT2D eigenvalue weighted by Gasteiger charge is 2.18. The Morgan fingerprint density at radius 3 is 2.55 bits per heavy atom. The SMILES string of the molecule is O=C(c1ccccc1)c1sccc1-c1nc2ccccc2[nH]1. The van der Waals surface area contributed by atoms with Crippen LogP contribution in [0.15, 0.2) is 66.0 Å². The Balaban J connectivity index is 1.81. The van der Waals surface area contributed by atoms with Crippen LogP contribution in [0.4, 0.5) is 0 Å². The number of hydrogen-bond acceptors (Lipinski definition) is 3. The van der Waals surface area contributed by atoms with E-state index in [0.29, 0.717) is 10.4 Å². The van der Waals surface area contributed by atoms with Crippen LogP contribution in [0.1, 0.15) is 15.2 Å². The predicted molar refractivity (Wildman–Crippen MR) is 89.3 cm³/mol. The Morgan fingerprint density at radius 2 is 1.73 bits per heavy atom. The van der Waals surface area contributed by atoms with Gasteiger partial charge in [-0.15, -0.1) is 11.3 Å². The van der Waals surface area contributed by atoms with Crippen molar-refractivity contribution in [2.24, 2.45) is 0 Å². The Bertz CT molecular complexity index is 920. The van der Waals surface area contributed by atoms with Crippen LogP contribution in [-0.2, 0) is 0 Å². The molecular formula is C18H12N2OS. The monoisotopic (exact) mass is 304 g/mol. The summed E-state index contributed by atoms with van der Waals surface area (Å²) in [6, 6.07) is 19.1. The molecule has 2 aromatic heterocycles. The van der Waals surface area contributed by atoms with E-state index >= 15 is 0 Å². The largest absolute Gasteiger partial charge is 0.338 e. The summed E-state index contributed by atoms with van der Waals surface area (Å²) in [5, 5.41) is 1.93. The average Bonchev–Trinajstić information content (AvgIpc) is 3.21. The molecule has 0 bridgehead atoms. The minimum Gasteiger partial charge on any atom is -0.338 e. The molecule has 0 saturated heterocycles. The van der Waals surface area contributed by atoms with Gasteiger partial charge in [-0.25, -0.2) is 4.98 Å². The van der Waals surface area contributed by atoms with E-state index in [0.717, 1.165) is 22.4 Å². The molecule has 106 valence electrons. The summed E-state index contributed by atoms with van der Waals surface area (Å²) >= 11 is 1.45. The lowest BCUT2D eigenvalue weighted by Crippen LogP contribution is -2.00. The number of H-pyrrole nitrogens is 1. The first-order valence-electron chi connectivity index (χ1n) is 6.95. The summed E-state index contributed by atoms with van der Waals surface area (Å²) < 4.78 is 0. The molecule has 0 unspecified atom stereocenters. The van der Waals surface area contributed by atoms with E-state index in [1.807, 2.05) is 66.0 Å². The lowest BCUT2D eigenvalue weighted by atomic mass is 10.1. The number of imidazole rings is 1. The second-order valence-electron chi connectivity index (χ2n) is 4.96. The van der Waals surface area contributed by atoms with Crippen molar-refractivity contribution in [1.82, 2.24) is 9.97 Å². The zero-order chi connectivity index (χ0) is 14.9. The number of nitrogens with one attached hydrogen (secondary N) is 1. The van der Waals surface area contributed by atoms with E-state index in [4.69, 9.17) is 0 Å². The number of nitrogens with zero attached hydrogens (tertiary/aromatic N) is 1. The molecule has 0 aliphatic rings. The number of benzene rings is 2. The van der Waals surface area contributed by atoms with Crippen molar-refractivity contribution in [3.05, 3.63) is 76.5 Å². The smallest absolute Gasteiger partial charge is 0.203 e.